The van der Waals surface area contributed by atoms with Crippen molar-refractivity contribution in [2.24, 2.45) is 5.41 Å². The summed E-state index contributed by atoms with van der Waals surface area (Å²) >= 11 is 5.95. The molecule has 0 radical (unpaired) electrons. The molecule has 0 aliphatic rings. The molecule has 0 spiro atoms. The number of carbonyl (C=O) groups excluding carboxylic acids is 1. The van der Waals surface area contributed by atoms with Gasteiger partial charge in [0.1, 0.15) is 6.04 Å². The van der Waals surface area contributed by atoms with Crippen LogP contribution in [0.5, 0.6) is 0 Å². The van der Waals surface area contributed by atoms with E-state index in [9.17, 15) is 4.79 Å². The number of rotatable bonds is 4. The van der Waals surface area contributed by atoms with Crippen LogP contribution in [0.3, 0.4) is 0 Å². The largest absolute Gasteiger partial charge is 0.345 e. The van der Waals surface area contributed by atoms with Crippen molar-refractivity contribution in [3.63, 3.8) is 0 Å². The zero-order valence-electron chi connectivity index (χ0n) is 13.2. The van der Waals surface area contributed by atoms with Crippen LogP contribution in [0.1, 0.15) is 46.0 Å². The molecule has 1 aromatic heterocycles. The molecule has 0 saturated heterocycles. The van der Waals surface area contributed by atoms with Crippen molar-refractivity contribution in [1.29, 1.82) is 0 Å². The van der Waals surface area contributed by atoms with E-state index in [1.807, 2.05) is 39.8 Å². The first-order chi connectivity index (χ1) is 10.2. The molecule has 0 fully saturated rings. The van der Waals surface area contributed by atoms with E-state index in [0.717, 1.165) is 5.56 Å². The number of halogens is 1. The van der Waals surface area contributed by atoms with Gasteiger partial charge in [-0.15, -0.1) is 0 Å². The molecule has 118 valence electrons. The van der Waals surface area contributed by atoms with Crippen LogP contribution in [0.4, 0.5) is 0 Å². The maximum Gasteiger partial charge on any atom is 0.249 e. The molecule has 1 heterocycles. The predicted octanol–water partition coefficient (Wildman–Crippen LogP) is 4.00. The van der Waals surface area contributed by atoms with Crippen molar-refractivity contribution in [2.75, 3.05) is 0 Å². The van der Waals surface area contributed by atoms with Gasteiger partial charge in [-0.3, -0.25) is 4.79 Å². The minimum absolute atomic E-state index is 0.0393. The summed E-state index contributed by atoms with van der Waals surface area (Å²) < 4.78 is 5.23. The van der Waals surface area contributed by atoms with E-state index < -0.39 is 0 Å². The lowest BCUT2D eigenvalue weighted by Crippen LogP contribution is -2.30. The maximum absolute atomic E-state index is 11.9. The van der Waals surface area contributed by atoms with Gasteiger partial charge in [0.25, 0.3) is 0 Å². The first-order valence-electron chi connectivity index (χ1n) is 7.13. The lowest BCUT2D eigenvalue weighted by molar-refractivity contribution is -0.123. The van der Waals surface area contributed by atoms with Crippen LogP contribution in [0.25, 0.3) is 11.4 Å². The van der Waals surface area contributed by atoms with Gasteiger partial charge in [-0.2, -0.15) is 4.98 Å². The highest BCUT2D eigenvalue weighted by Gasteiger charge is 2.21. The van der Waals surface area contributed by atoms with Crippen LogP contribution in [-0.2, 0) is 4.79 Å². The Hall–Kier alpha value is -1.88. The fourth-order valence-corrected chi connectivity index (χ4v) is 2.18. The minimum Gasteiger partial charge on any atom is -0.345 e. The van der Waals surface area contributed by atoms with Gasteiger partial charge >= 0.3 is 0 Å². The normalized spacial score (nSPS) is 13.0. The third-order valence-electron chi connectivity index (χ3n) is 2.96. The summed E-state index contributed by atoms with van der Waals surface area (Å²) in [4.78, 5) is 16.3. The Labute approximate surface area is 135 Å². The number of nitrogens with one attached hydrogen (secondary N) is 1. The molecule has 22 heavy (non-hydrogen) atoms. The zero-order chi connectivity index (χ0) is 16.3. The SMILES string of the molecule is C[C@@H](NC(=O)CC(C)(C)C)c1nc(-c2cccc(Cl)c2)no1. The lowest BCUT2D eigenvalue weighted by Gasteiger charge is -2.18. The lowest BCUT2D eigenvalue weighted by atomic mass is 9.92. The number of aromatic nitrogens is 2. The van der Waals surface area contributed by atoms with Gasteiger partial charge in [-0.25, -0.2) is 0 Å². The third kappa shape index (κ3) is 4.56. The summed E-state index contributed by atoms with van der Waals surface area (Å²) in [6.45, 7) is 7.86. The molecule has 1 amide bonds. The molecule has 0 unspecified atom stereocenters. The van der Waals surface area contributed by atoms with Crippen molar-refractivity contribution in [3.8, 4) is 11.4 Å². The van der Waals surface area contributed by atoms with Crippen LogP contribution < -0.4 is 5.32 Å². The third-order valence-corrected chi connectivity index (χ3v) is 3.20. The van der Waals surface area contributed by atoms with Crippen LogP contribution in [0, 0.1) is 5.41 Å². The topological polar surface area (TPSA) is 68.0 Å². The Morgan fingerprint density at radius 2 is 2.14 bits per heavy atom. The second-order valence-corrected chi connectivity index (χ2v) is 6.93. The molecule has 2 rings (SSSR count). The van der Waals surface area contributed by atoms with E-state index in [-0.39, 0.29) is 17.4 Å². The van der Waals surface area contributed by atoms with Crippen molar-refractivity contribution in [1.82, 2.24) is 15.5 Å². The Bertz CT molecular complexity index is 661. The quantitative estimate of drug-likeness (QED) is 0.924. The van der Waals surface area contributed by atoms with Crippen molar-refractivity contribution < 1.29 is 9.32 Å². The highest BCUT2D eigenvalue weighted by Crippen LogP contribution is 2.22. The van der Waals surface area contributed by atoms with Gasteiger partial charge in [-0.1, -0.05) is 49.7 Å². The van der Waals surface area contributed by atoms with Crippen molar-refractivity contribution in [2.45, 2.75) is 40.2 Å². The standard InChI is InChI=1S/C16H20ClN3O2/c1-10(18-13(21)9-16(2,3)4)15-19-14(20-22-15)11-6-5-7-12(17)8-11/h5-8,10H,9H2,1-4H3,(H,18,21)/t10-/m1/s1. The summed E-state index contributed by atoms with van der Waals surface area (Å²) in [7, 11) is 0. The van der Waals surface area contributed by atoms with Crippen molar-refractivity contribution in [3.05, 3.63) is 35.2 Å². The fourth-order valence-electron chi connectivity index (χ4n) is 1.99. The van der Waals surface area contributed by atoms with E-state index in [0.29, 0.717) is 23.2 Å². The van der Waals surface area contributed by atoms with Crippen LogP contribution in [-0.4, -0.2) is 16.0 Å². The molecule has 1 atom stereocenters. The van der Waals surface area contributed by atoms with Gasteiger partial charge in [-0.05, 0) is 24.5 Å². The molecule has 0 bridgehead atoms. The van der Waals surface area contributed by atoms with Crippen LogP contribution >= 0.6 is 11.6 Å². The number of nitrogens with zero attached hydrogens (tertiary/aromatic N) is 2. The highest BCUT2D eigenvalue weighted by molar-refractivity contribution is 6.30. The Balaban J connectivity index is 2.06. The van der Waals surface area contributed by atoms with Gasteiger partial charge in [0.05, 0.1) is 0 Å². The Morgan fingerprint density at radius 1 is 1.41 bits per heavy atom. The summed E-state index contributed by atoms with van der Waals surface area (Å²) in [6, 6.07) is 6.88. The van der Waals surface area contributed by atoms with Crippen LogP contribution in [0.15, 0.2) is 28.8 Å². The number of benzene rings is 1. The van der Waals surface area contributed by atoms with Gasteiger partial charge < -0.3 is 9.84 Å². The molecule has 5 nitrogen and oxygen atoms in total. The highest BCUT2D eigenvalue weighted by atomic mass is 35.5. The number of amides is 1. The first-order valence-corrected chi connectivity index (χ1v) is 7.51. The van der Waals surface area contributed by atoms with Gasteiger partial charge in [0, 0.05) is 17.0 Å². The van der Waals surface area contributed by atoms with E-state index >= 15 is 0 Å². The molecule has 2 aromatic rings. The van der Waals surface area contributed by atoms with E-state index in [2.05, 4.69) is 15.5 Å². The summed E-state index contributed by atoms with van der Waals surface area (Å²) in [6.07, 6.45) is 0.437. The second kappa shape index (κ2) is 6.48. The molecule has 6 heteroatoms. The summed E-state index contributed by atoms with van der Waals surface area (Å²) in [5, 5.41) is 7.41. The summed E-state index contributed by atoms with van der Waals surface area (Å²) in [5.74, 6) is 0.786. The molecule has 0 saturated carbocycles. The maximum atomic E-state index is 11.9. The van der Waals surface area contributed by atoms with Gasteiger partial charge in [0.15, 0.2) is 0 Å². The number of hydrogen-bond donors (Lipinski definition) is 1. The minimum atomic E-state index is -0.338. The molecule has 0 aliphatic carbocycles. The molecular formula is C16H20ClN3O2. The first kappa shape index (κ1) is 16.5. The van der Waals surface area contributed by atoms with E-state index in [4.69, 9.17) is 16.1 Å². The molecule has 1 N–H and O–H groups in total. The number of hydrogen-bond acceptors (Lipinski definition) is 4. The monoisotopic (exact) mass is 321 g/mol. The van der Waals surface area contributed by atoms with Crippen molar-refractivity contribution >= 4 is 17.5 Å². The fraction of sp³-hybridized carbons (Fsp3) is 0.438. The number of carbonyl (C=O) groups is 1. The molecular weight excluding hydrogens is 302 g/mol. The molecule has 0 aliphatic heterocycles. The van der Waals surface area contributed by atoms with E-state index in [1.54, 1.807) is 12.1 Å². The average Bonchev–Trinajstić information content (AvgIpc) is 2.85. The van der Waals surface area contributed by atoms with Crippen LogP contribution in [0.2, 0.25) is 5.02 Å². The zero-order valence-corrected chi connectivity index (χ0v) is 13.9. The average molecular weight is 322 g/mol. The Kier molecular flexibility index (Phi) is 4.86. The van der Waals surface area contributed by atoms with Gasteiger partial charge in [0.2, 0.25) is 17.6 Å². The van der Waals surface area contributed by atoms with E-state index in [1.165, 1.54) is 0 Å². The molecule has 1 aromatic carbocycles. The second-order valence-electron chi connectivity index (χ2n) is 6.49. The smallest absolute Gasteiger partial charge is 0.249 e. The summed E-state index contributed by atoms with van der Waals surface area (Å²) in [5.41, 5.74) is 0.709. The predicted molar refractivity (Wildman–Crippen MR) is 85.4 cm³/mol. The Morgan fingerprint density at radius 3 is 2.77 bits per heavy atom.